The van der Waals surface area contributed by atoms with Crippen LogP contribution in [0, 0.1) is 5.82 Å². The van der Waals surface area contributed by atoms with Gasteiger partial charge in [0.1, 0.15) is 18.1 Å². The predicted octanol–water partition coefficient (Wildman–Crippen LogP) is 1.56. The summed E-state index contributed by atoms with van der Waals surface area (Å²) >= 11 is 0. The van der Waals surface area contributed by atoms with Crippen molar-refractivity contribution in [2.75, 3.05) is 26.8 Å². The number of methoxy groups -OCH3 is 1. The largest absolute Gasteiger partial charge is 0.383 e. The Bertz CT molecular complexity index is 704. The van der Waals surface area contributed by atoms with Crippen molar-refractivity contribution in [1.82, 2.24) is 15.8 Å². The number of halogens is 1. The van der Waals surface area contributed by atoms with Gasteiger partial charge in [0.25, 0.3) is 5.91 Å². The van der Waals surface area contributed by atoms with Gasteiger partial charge >= 0.3 is 0 Å². The topological polar surface area (TPSA) is 88.9 Å². The van der Waals surface area contributed by atoms with E-state index in [0.717, 1.165) is 6.54 Å². The number of epoxide rings is 1. The quantitative estimate of drug-likeness (QED) is 0.528. The maximum Gasteiger partial charge on any atom is 0.273 e. The predicted molar refractivity (Wildman–Crippen MR) is 87.4 cm³/mol. The SMILES string of the molecule is COCCNC1OC1CCNC(=O)c1cc(-c2ccc(F)cc2)on1. The van der Waals surface area contributed by atoms with Gasteiger partial charge < -0.3 is 19.3 Å². The summed E-state index contributed by atoms with van der Waals surface area (Å²) in [6, 6.07) is 7.32. The van der Waals surface area contributed by atoms with Crippen molar-refractivity contribution in [1.29, 1.82) is 0 Å². The maximum absolute atomic E-state index is 12.9. The van der Waals surface area contributed by atoms with Crippen molar-refractivity contribution in [3.63, 3.8) is 0 Å². The molecule has 1 saturated heterocycles. The summed E-state index contributed by atoms with van der Waals surface area (Å²) in [5.74, 6) is -0.238. The van der Waals surface area contributed by atoms with Crippen LogP contribution in [0.15, 0.2) is 34.9 Å². The molecule has 2 unspecified atom stereocenters. The zero-order valence-corrected chi connectivity index (χ0v) is 13.8. The smallest absolute Gasteiger partial charge is 0.273 e. The molecule has 0 saturated carbocycles. The van der Waals surface area contributed by atoms with E-state index in [1.165, 1.54) is 18.2 Å². The van der Waals surface area contributed by atoms with E-state index < -0.39 is 0 Å². The number of carbonyl (C=O) groups excluding carboxylic acids is 1. The van der Waals surface area contributed by atoms with Crippen LogP contribution >= 0.6 is 0 Å². The van der Waals surface area contributed by atoms with Crippen LogP contribution in [-0.4, -0.2) is 50.2 Å². The van der Waals surface area contributed by atoms with Gasteiger partial charge in [-0.3, -0.25) is 10.1 Å². The van der Waals surface area contributed by atoms with Gasteiger partial charge in [-0.15, -0.1) is 0 Å². The molecule has 1 aliphatic heterocycles. The number of carbonyl (C=O) groups is 1. The molecule has 2 atom stereocenters. The molecule has 134 valence electrons. The molecule has 8 heteroatoms. The normalized spacial score (nSPS) is 19.0. The lowest BCUT2D eigenvalue weighted by Crippen LogP contribution is -2.28. The highest BCUT2D eigenvalue weighted by Crippen LogP contribution is 2.22. The number of amides is 1. The average Bonchev–Trinajstić information content (AvgIpc) is 3.16. The summed E-state index contributed by atoms with van der Waals surface area (Å²) in [5.41, 5.74) is 0.843. The molecule has 1 amide bonds. The van der Waals surface area contributed by atoms with Crippen molar-refractivity contribution < 1.29 is 23.2 Å². The van der Waals surface area contributed by atoms with E-state index >= 15 is 0 Å². The van der Waals surface area contributed by atoms with Gasteiger partial charge in [0.2, 0.25) is 0 Å². The first-order valence-electron chi connectivity index (χ1n) is 8.06. The number of hydrogen-bond acceptors (Lipinski definition) is 6. The van der Waals surface area contributed by atoms with E-state index in [1.54, 1.807) is 19.2 Å². The van der Waals surface area contributed by atoms with Crippen molar-refractivity contribution in [3.8, 4) is 11.3 Å². The van der Waals surface area contributed by atoms with Crippen LogP contribution in [0.2, 0.25) is 0 Å². The fraction of sp³-hybridized carbons (Fsp3) is 0.412. The monoisotopic (exact) mass is 349 g/mol. The Balaban J connectivity index is 1.41. The first-order valence-corrected chi connectivity index (χ1v) is 8.06. The molecular formula is C17H20FN3O4. The maximum atomic E-state index is 12.9. The third kappa shape index (κ3) is 4.85. The molecular weight excluding hydrogens is 329 g/mol. The molecule has 7 nitrogen and oxygen atoms in total. The molecule has 2 aromatic rings. The van der Waals surface area contributed by atoms with Crippen molar-refractivity contribution in [2.24, 2.45) is 0 Å². The molecule has 1 aromatic heterocycles. The molecule has 1 aromatic carbocycles. The minimum atomic E-state index is -0.335. The third-order valence-corrected chi connectivity index (χ3v) is 3.82. The molecule has 2 heterocycles. The number of hydrogen-bond donors (Lipinski definition) is 2. The van der Waals surface area contributed by atoms with E-state index in [4.69, 9.17) is 14.0 Å². The van der Waals surface area contributed by atoms with Crippen LogP contribution in [0.5, 0.6) is 0 Å². The molecule has 0 bridgehead atoms. The van der Waals surface area contributed by atoms with Gasteiger partial charge in [-0.05, 0) is 30.7 Å². The lowest BCUT2D eigenvalue weighted by Gasteiger charge is -2.01. The van der Waals surface area contributed by atoms with Crippen LogP contribution in [0.3, 0.4) is 0 Å². The van der Waals surface area contributed by atoms with Gasteiger partial charge in [0.05, 0.1) is 6.61 Å². The Hall–Kier alpha value is -2.29. The number of ether oxygens (including phenoxy) is 2. The molecule has 0 radical (unpaired) electrons. The second-order valence-corrected chi connectivity index (χ2v) is 5.67. The highest BCUT2D eigenvalue weighted by molar-refractivity contribution is 5.93. The van der Waals surface area contributed by atoms with Crippen LogP contribution in [0.25, 0.3) is 11.3 Å². The number of rotatable bonds is 9. The lowest BCUT2D eigenvalue weighted by molar-refractivity contribution is 0.0943. The molecule has 1 aliphatic rings. The van der Waals surface area contributed by atoms with E-state index in [1.807, 2.05) is 0 Å². The average molecular weight is 349 g/mol. The van der Waals surface area contributed by atoms with Gasteiger partial charge in [-0.25, -0.2) is 4.39 Å². The molecule has 1 fully saturated rings. The first-order chi connectivity index (χ1) is 12.2. The lowest BCUT2D eigenvalue weighted by atomic mass is 10.1. The van der Waals surface area contributed by atoms with Crippen LogP contribution < -0.4 is 10.6 Å². The van der Waals surface area contributed by atoms with Gasteiger partial charge in [0.15, 0.2) is 11.5 Å². The van der Waals surface area contributed by atoms with E-state index in [-0.39, 0.29) is 29.8 Å². The second-order valence-electron chi connectivity index (χ2n) is 5.67. The second kappa shape index (κ2) is 8.19. The highest BCUT2D eigenvalue weighted by Gasteiger charge is 2.37. The molecule has 2 N–H and O–H groups in total. The highest BCUT2D eigenvalue weighted by atomic mass is 19.1. The molecule has 0 aliphatic carbocycles. The summed E-state index contributed by atoms with van der Waals surface area (Å²) < 4.78 is 28.5. The molecule has 25 heavy (non-hydrogen) atoms. The summed E-state index contributed by atoms with van der Waals surface area (Å²) in [5, 5.41) is 9.72. The minimum Gasteiger partial charge on any atom is -0.383 e. The minimum absolute atomic E-state index is 0.0316. The van der Waals surface area contributed by atoms with Gasteiger partial charge in [-0.2, -0.15) is 0 Å². The van der Waals surface area contributed by atoms with Crippen molar-refractivity contribution in [2.45, 2.75) is 18.8 Å². The number of nitrogens with zero attached hydrogens (tertiary/aromatic N) is 1. The first kappa shape index (κ1) is 17.5. The van der Waals surface area contributed by atoms with Crippen molar-refractivity contribution in [3.05, 3.63) is 41.8 Å². The fourth-order valence-corrected chi connectivity index (χ4v) is 2.40. The Morgan fingerprint density at radius 2 is 2.12 bits per heavy atom. The standard InChI is InChI=1S/C17H20FN3O4/c1-23-9-8-20-17-14(24-17)6-7-19-16(22)13-10-15(25-21-13)11-2-4-12(18)5-3-11/h2-5,10,14,17,20H,6-9H2,1H3,(H,19,22). The number of benzene rings is 1. The third-order valence-electron chi connectivity index (χ3n) is 3.82. The van der Waals surface area contributed by atoms with E-state index in [2.05, 4.69) is 15.8 Å². The Morgan fingerprint density at radius 1 is 1.32 bits per heavy atom. The van der Waals surface area contributed by atoms with Gasteiger partial charge in [0, 0.05) is 31.8 Å². The number of nitrogens with one attached hydrogen (secondary N) is 2. The Labute approximate surface area is 144 Å². The van der Waals surface area contributed by atoms with Crippen LogP contribution in [0.4, 0.5) is 4.39 Å². The van der Waals surface area contributed by atoms with Gasteiger partial charge in [-0.1, -0.05) is 5.16 Å². The van der Waals surface area contributed by atoms with E-state index in [0.29, 0.717) is 30.9 Å². The molecule has 3 rings (SSSR count). The summed E-state index contributed by atoms with van der Waals surface area (Å²) in [6.07, 6.45) is 0.840. The Morgan fingerprint density at radius 3 is 2.88 bits per heavy atom. The Kier molecular flexibility index (Phi) is 5.75. The fourth-order valence-electron chi connectivity index (χ4n) is 2.40. The van der Waals surface area contributed by atoms with E-state index in [9.17, 15) is 9.18 Å². The summed E-state index contributed by atoms with van der Waals surface area (Å²) in [4.78, 5) is 12.1. The van der Waals surface area contributed by atoms with Crippen LogP contribution in [0.1, 0.15) is 16.9 Å². The summed E-state index contributed by atoms with van der Waals surface area (Å²) in [7, 11) is 1.65. The summed E-state index contributed by atoms with van der Waals surface area (Å²) in [6.45, 7) is 1.84. The number of aromatic nitrogens is 1. The van der Waals surface area contributed by atoms with Crippen LogP contribution in [-0.2, 0) is 9.47 Å². The van der Waals surface area contributed by atoms with Crippen molar-refractivity contribution >= 4 is 5.91 Å². The molecule has 0 spiro atoms. The zero-order valence-electron chi connectivity index (χ0n) is 13.8. The zero-order chi connectivity index (χ0) is 17.6.